The van der Waals surface area contributed by atoms with Gasteiger partial charge in [0.25, 0.3) is 5.91 Å². The van der Waals surface area contributed by atoms with E-state index in [0.29, 0.717) is 29.6 Å². The van der Waals surface area contributed by atoms with Gasteiger partial charge in [-0.25, -0.2) is 0 Å². The molecule has 0 radical (unpaired) electrons. The van der Waals surface area contributed by atoms with Crippen LogP contribution in [0.25, 0.3) is 0 Å². The Hall–Kier alpha value is -0.730. The van der Waals surface area contributed by atoms with Crippen molar-refractivity contribution in [2.75, 3.05) is 19.0 Å². The van der Waals surface area contributed by atoms with Crippen LogP contribution in [0.15, 0.2) is 18.2 Å². The molecule has 0 fully saturated rings. The molecule has 0 aliphatic carbocycles. The lowest BCUT2D eigenvalue weighted by Gasteiger charge is -2.21. The Morgan fingerprint density at radius 2 is 2.12 bits per heavy atom. The first-order valence-electron chi connectivity index (χ1n) is 5.71. The molecule has 0 aliphatic heterocycles. The highest BCUT2D eigenvalue weighted by molar-refractivity contribution is 6.30. The Morgan fingerprint density at radius 1 is 1.41 bits per heavy atom. The molecule has 0 aliphatic rings. The average Bonchev–Trinajstić information content (AvgIpc) is 2.29. The van der Waals surface area contributed by atoms with Gasteiger partial charge in [0.05, 0.1) is 0 Å². The highest BCUT2D eigenvalue weighted by Gasteiger charge is 2.15. The fourth-order valence-corrected chi connectivity index (χ4v) is 2.04. The smallest absolute Gasteiger partial charge is 0.254 e. The largest absolute Gasteiger partial charge is 0.339 e. The van der Waals surface area contributed by atoms with Crippen LogP contribution in [0.4, 0.5) is 0 Å². The Balaban J connectivity index is 2.86. The number of nitrogens with zero attached hydrogens (tertiary/aromatic N) is 1. The van der Waals surface area contributed by atoms with Crippen LogP contribution in [-0.4, -0.2) is 29.8 Å². The number of hydrogen-bond acceptors (Lipinski definition) is 1. The Labute approximate surface area is 113 Å². The van der Waals surface area contributed by atoms with Crippen molar-refractivity contribution < 1.29 is 4.79 Å². The lowest BCUT2D eigenvalue weighted by molar-refractivity contribution is 0.0764. The molecular weight excluding hydrogens is 257 g/mol. The summed E-state index contributed by atoms with van der Waals surface area (Å²) in [6.45, 7) is 5.25. The van der Waals surface area contributed by atoms with Crippen molar-refractivity contribution in [2.45, 2.75) is 20.3 Å². The van der Waals surface area contributed by atoms with E-state index in [1.165, 1.54) is 0 Å². The highest BCUT2D eigenvalue weighted by atomic mass is 35.5. The van der Waals surface area contributed by atoms with Gasteiger partial charge < -0.3 is 4.90 Å². The van der Waals surface area contributed by atoms with Crippen molar-refractivity contribution in [1.29, 1.82) is 0 Å². The number of hydrogen-bond donors (Lipinski definition) is 0. The van der Waals surface area contributed by atoms with E-state index in [1.54, 1.807) is 17.0 Å². The molecule has 0 aromatic heterocycles. The summed E-state index contributed by atoms with van der Waals surface area (Å²) in [6.07, 6.45) is 0.813. The molecule has 0 bridgehead atoms. The van der Waals surface area contributed by atoms with Crippen LogP contribution in [0.2, 0.25) is 5.02 Å². The molecule has 2 nitrogen and oxygen atoms in total. The van der Waals surface area contributed by atoms with Gasteiger partial charge in [0.15, 0.2) is 0 Å². The number of halogens is 2. The molecule has 17 heavy (non-hydrogen) atoms. The van der Waals surface area contributed by atoms with Gasteiger partial charge in [-0.05, 0) is 44.0 Å². The summed E-state index contributed by atoms with van der Waals surface area (Å²) in [6, 6.07) is 5.34. The quantitative estimate of drug-likeness (QED) is 0.749. The lowest BCUT2D eigenvalue weighted by Crippen LogP contribution is -2.32. The van der Waals surface area contributed by atoms with Crippen LogP contribution in [0.3, 0.4) is 0 Å². The highest BCUT2D eigenvalue weighted by Crippen LogP contribution is 2.17. The first kappa shape index (κ1) is 14.3. The maximum atomic E-state index is 12.3. The molecule has 1 aromatic carbocycles. The predicted molar refractivity (Wildman–Crippen MR) is 73.1 cm³/mol. The topological polar surface area (TPSA) is 20.3 Å². The van der Waals surface area contributed by atoms with Crippen LogP contribution in [0, 0.1) is 6.92 Å². The van der Waals surface area contributed by atoms with Crippen LogP contribution < -0.4 is 0 Å². The van der Waals surface area contributed by atoms with Gasteiger partial charge in [-0.15, -0.1) is 11.6 Å². The molecule has 4 heteroatoms. The summed E-state index contributed by atoms with van der Waals surface area (Å²) >= 11 is 11.5. The molecule has 0 unspecified atom stereocenters. The fraction of sp³-hybridized carbons (Fsp3) is 0.462. The summed E-state index contributed by atoms with van der Waals surface area (Å²) in [4.78, 5) is 14.1. The van der Waals surface area contributed by atoms with Gasteiger partial charge in [-0.3, -0.25) is 4.79 Å². The third-order valence-corrected chi connectivity index (χ3v) is 3.15. The second-order valence-electron chi connectivity index (χ2n) is 3.89. The Morgan fingerprint density at radius 3 is 2.65 bits per heavy atom. The van der Waals surface area contributed by atoms with Gasteiger partial charge >= 0.3 is 0 Å². The minimum atomic E-state index is 0.0479. The number of carbonyl (C=O) groups is 1. The zero-order chi connectivity index (χ0) is 12.8. The van der Waals surface area contributed by atoms with Crippen LogP contribution in [-0.2, 0) is 0 Å². The molecule has 0 atom stereocenters. The Kier molecular flexibility index (Phi) is 5.79. The normalized spacial score (nSPS) is 10.4. The average molecular weight is 274 g/mol. The number of rotatable bonds is 5. The standard InChI is InChI=1S/C13H17Cl2NO/c1-3-16(8-4-7-14)13(17)12-6-5-11(15)9-10(12)2/h5-6,9H,3-4,7-8H2,1-2H3. The van der Waals surface area contributed by atoms with E-state index in [2.05, 4.69) is 0 Å². The number of aryl methyl sites for hydroxylation is 1. The summed E-state index contributed by atoms with van der Waals surface area (Å²) < 4.78 is 0. The van der Waals surface area contributed by atoms with E-state index in [9.17, 15) is 4.79 Å². The van der Waals surface area contributed by atoms with E-state index in [1.807, 2.05) is 19.9 Å². The van der Waals surface area contributed by atoms with E-state index >= 15 is 0 Å². The van der Waals surface area contributed by atoms with Crippen LogP contribution in [0.5, 0.6) is 0 Å². The first-order chi connectivity index (χ1) is 8.10. The SMILES string of the molecule is CCN(CCCCl)C(=O)c1ccc(Cl)cc1C. The van der Waals surface area contributed by atoms with Gasteiger partial charge in [0, 0.05) is 29.6 Å². The molecule has 1 aromatic rings. The maximum absolute atomic E-state index is 12.3. The summed E-state index contributed by atoms with van der Waals surface area (Å²) in [7, 11) is 0. The molecule has 94 valence electrons. The molecule has 0 saturated carbocycles. The molecule has 0 N–H and O–H groups in total. The second kappa shape index (κ2) is 6.87. The third-order valence-electron chi connectivity index (χ3n) is 2.65. The van der Waals surface area contributed by atoms with E-state index < -0.39 is 0 Å². The molecule has 0 heterocycles. The second-order valence-corrected chi connectivity index (χ2v) is 4.70. The van der Waals surface area contributed by atoms with Crippen LogP contribution in [0.1, 0.15) is 29.3 Å². The summed E-state index contributed by atoms with van der Waals surface area (Å²) in [5, 5.41) is 0.655. The van der Waals surface area contributed by atoms with Gasteiger partial charge in [-0.1, -0.05) is 11.6 Å². The molecule has 0 spiro atoms. The predicted octanol–water partition coefficient (Wildman–Crippen LogP) is 3.74. The molecular formula is C13H17Cl2NO. The molecule has 1 rings (SSSR count). The minimum Gasteiger partial charge on any atom is -0.339 e. The van der Waals surface area contributed by atoms with Crippen molar-refractivity contribution in [3.05, 3.63) is 34.3 Å². The number of amides is 1. The lowest BCUT2D eigenvalue weighted by atomic mass is 10.1. The minimum absolute atomic E-state index is 0.0479. The Bertz CT molecular complexity index is 393. The summed E-state index contributed by atoms with van der Waals surface area (Å²) in [5.41, 5.74) is 1.62. The molecule has 1 amide bonds. The van der Waals surface area contributed by atoms with Crippen molar-refractivity contribution in [3.8, 4) is 0 Å². The monoisotopic (exact) mass is 273 g/mol. The first-order valence-corrected chi connectivity index (χ1v) is 6.62. The summed E-state index contributed by atoms with van der Waals surface area (Å²) in [5.74, 6) is 0.621. The van der Waals surface area contributed by atoms with Gasteiger partial charge in [0.1, 0.15) is 0 Å². The van der Waals surface area contributed by atoms with E-state index in [0.717, 1.165) is 12.0 Å². The van der Waals surface area contributed by atoms with Crippen molar-refractivity contribution >= 4 is 29.1 Å². The van der Waals surface area contributed by atoms with Gasteiger partial charge in [0.2, 0.25) is 0 Å². The fourth-order valence-electron chi connectivity index (χ4n) is 1.69. The number of benzene rings is 1. The van der Waals surface area contributed by atoms with Gasteiger partial charge in [-0.2, -0.15) is 0 Å². The number of alkyl halides is 1. The maximum Gasteiger partial charge on any atom is 0.254 e. The van der Waals surface area contributed by atoms with E-state index in [4.69, 9.17) is 23.2 Å². The van der Waals surface area contributed by atoms with Crippen LogP contribution >= 0.6 is 23.2 Å². The zero-order valence-corrected chi connectivity index (χ0v) is 11.7. The zero-order valence-electron chi connectivity index (χ0n) is 10.2. The van der Waals surface area contributed by atoms with Crippen molar-refractivity contribution in [2.24, 2.45) is 0 Å². The van der Waals surface area contributed by atoms with Crippen molar-refractivity contribution in [1.82, 2.24) is 4.90 Å². The number of carbonyl (C=O) groups excluding carboxylic acids is 1. The third kappa shape index (κ3) is 3.90. The van der Waals surface area contributed by atoms with E-state index in [-0.39, 0.29) is 5.91 Å². The van der Waals surface area contributed by atoms with Crippen molar-refractivity contribution in [3.63, 3.8) is 0 Å². The molecule has 0 saturated heterocycles.